The van der Waals surface area contributed by atoms with Crippen LogP contribution in [0.4, 0.5) is 0 Å². The molecule has 2 aromatic heterocycles. The molecular weight excluding hydrogens is 230 g/mol. The van der Waals surface area contributed by atoms with Crippen molar-refractivity contribution in [3.05, 3.63) is 41.3 Å². The molecule has 0 aromatic carbocycles. The number of aromatic nitrogens is 3. The number of carboxylic acid groups (broad SMARTS) is 1. The van der Waals surface area contributed by atoms with E-state index in [1.165, 1.54) is 4.68 Å². The van der Waals surface area contributed by atoms with Crippen LogP contribution < -0.4 is 0 Å². The molecular formula is C13H13N3O2. The van der Waals surface area contributed by atoms with Crippen LogP contribution in [-0.2, 0) is 12.8 Å². The molecule has 5 nitrogen and oxygen atoms in total. The summed E-state index contributed by atoms with van der Waals surface area (Å²) in [7, 11) is 0. The van der Waals surface area contributed by atoms with Crippen molar-refractivity contribution in [2.75, 3.05) is 0 Å². The number of aromatic carboxylic acids is 1. The van der Waals surface area contributed by atoms with Gasteiger partial charge in [0.2, 0.25) is 0 Å². The normalized spacial score (nSPS) is 14.2. The fourth-order valence-corrected chi connectivity index (χ4v) is 2.35. The minimum absolute atomic E-state index is 0.222. The van der Waals surface area contributed by atoms with E-state index in [0.29, 0.717) is 5.82 Å². The molecule has 92 valence electrons. The zero-order valence-electron chi connectivity index (χ0n) is 9.83. The molecule has 1 aliphatic rings. The van der Waals surface area contributed by atoms with Gasteiger partial charge in [-0.1, -0.05) is 0 Å². The molecule has 0 fully saturated rings. The van der Waals surface area contributed by atoms with Gasteiger partial charge in [-0.2, -0.15) is 5.10 Å². The van der Waals surface area contributed by atoms with Crippen LogP contribution in [0.1, 0.15) is 34.5 Å². The summed E-state index contributed by atoms with van der Waals surface area (Å²) in [5, 5.41) is 13.4. The second-order valence-electron chi connectivity index (χ2n) is 4.43. The molecule has 2 aromatic rings. The van der Waals surface area contributed by atoms with Gasteiger partial charge in [-0.15, -0.1) is 0 Å². The van der Waals surface area contributed by atoms with Gasteiger partial charge in [0.25, 0.3) is 0 Å². The monoisotopic (exact) mass is 243 g/mol. The maximum atomic E-state index is 11.3. The number of aryl methyl sites for hydroxylation is 2. The molecule has 3 rings (SSSR count). The van der Waals surface area contributed by atoms with Gasteiger partial charge in [-0.3, -0.25) is 0 Å². The summed E-state index contributed by atoms with van der Waals surface area (Å²) in [6.45, 7) is 0. The molecule has 0 unspecified atom stereocenters. The van der Waals surface area contributed by atoms with Gasteiger partial charge in [-0.05, 0) is 43.4 Å². The first-order valence-corrected chi connectivity index (χ1v) is 6.02. The van der Waals surface area contributed by atoms with Crippen molar-refractivity contribution in [3.8, 4) is 5.82 Å². The molecule has 0 amide bonds. The first-order valence-electron chi connectivity index (χ1n) is 6.02. The third kappa shape index (κ3) is 1.77. The van der Waals surface area contributed by atoms with Crippen LogP contribution in [0.25, 0.3) is 5.82 Å². The third-order valence-electron chi connectivity index (χ3n) is 3.23. The quantitative estimate of drug-likeness (QED) is 0.873. The highest BCUT2D eigenvalue weighted by molar-refractivity contribution is 5.91. The Balaban J connectivity index is 2.19. The minimum atomic E-state index is -0.957. The highest BCUT2D eigenvalue weighted by Gasteiger charge is 2.19. The molecule has 1 N–H and O–H groups in total. The van der Waals surface area contributed by atoms with E-state index in [-0.39, 0.29) is 5.56 Å². The summed E-state index contributed by atoms with van der Waals surface area (Å²) in [5.41, 5.74) is 2.30. The van der Waals surface area contributed by atoms with Crippen molar-refractivity contribution in [2.45, 2.75) is 25.7 Å². The molecule has 0 aliphatic heterocycles. The Morgan fingerprint density at radius 2 is 2.17 bits per heavy atom. The van der Waals surface area contributed by atoms with Gasteiger partial charge in [0, 0.05) is 18.1 Å². The van der Waals surface area contributed by atoms with Gasteiger partial charge in [-0.25, -0.2) is 14.5 Å². The van der Waals surface area contributed by atoms with E-state index in [1.807, 2.05) is 0 Å². The molecule has 0 saturated carbocycles. The Kier molecular flexibility index (Phi) is 2.59. The Hall–Kier alpha value is -2.17. The van der Waals surface area contributed by atoms with E-state index in [0.717, 1.165) is 36.9 Å². The standard InChI is InChI=1S/C13H13N3O2/c17-13(18)10-8-9-4-1-2-5-11(9)15-12(10)16-7-3-6-14-16/h3,6-8H,1-2,4-5H2,(H,17,18). The van der Waals surface area contributed by atoms with E-state index < -0.39 is 5.97 Å². The second-order valence-corrected chi connectivity index (χ2v) is 4.43. The molecule has 0 spiro atoms. The van der Waals surface area contributed by atoms with E-state index in [2.05, 4.69) is 10.1 Å². The fraction of sp³-hybridized carbons (Fsp3) is 0.308. The van der Waals surface area contributed by atoms with Crippen LogP contribution in [0.5, 0.6) is 0 Å². The van der Waals surface area contributed by atoms with Crippen molar-refractivity contribution in [2.24, 2.45) is 0 Å². The highest BCUT2D eigenvalue weighted by Crippen LogP contribution is 2.23. The van der Waals surface area contributed by atoms with E-state index in [4.69, 9.17) is 0 Å². The SMILES string of the molecule is O=C(O)c1cc2c(nc1-n1cccn1)CCCC2. The second kappa shape index (κ2) is 4.25. The number of hydrogen-bond donors (Lipinski definition) is 1. The van der Waals surface area contributed by atoms with E-state index in [1.54, 1.807) is 24.5 Å². The van der Waals surface area contributed by atoms with Crippen molar-refractivity contribution in [1.82, 2.24) is 14.8 Å². The third-order valence-corrected chi connectivity index (χ3v) is 3.23. The predicted octanol–water partition coefficient (Wildman–Crippen LogP) is 1.84. The average molecular weight is 243 g/mol. The molecule has 0 atom stereocenters. The van der Waals surface area contributed by atoms with Crippen LogP contribution in [0.3, 0.4) is 0 Å². The lowest BCUT2D eigenvalue weighted by molar-refractivity contribution is 0.0696. The van der Waals surface area contributed by atoms with Crippen LogP contribution >= 0.6 is 0 Å². The zero-order valence-corrected chi connectivity index (χ0v) is 9.83. The lowest BCUT2D eigenvalue weighted by atomic mass is 9.95. The molecule has 1 aliphatic carbocycles. The predicted molar refractivity (Wildman–Crippen MR) is 65.0 cm³/mol. The minimum Gasteiger partial charge on any atom is -0.478 e. The van der Waals surface area contributed by atoms with Crippen LogP contribution in [-0.4, -0.2) is 25.8 Å². The Labute approximate surface area is 104 Å². The number of carboxylic acids is 1. The number of hydrogen-bond acceptors (Lipinski definition) is 3. The lowest BCUT2D eigenvalue weighted by Gasteiger charge is -2.17. The molecule has 5 heteroatoms. The number of rotatable bonds is 2. The van der Waals surface area contributed by atoms with Crippen LogP contribution in [0.15, 0.2) is 24.5 Å². The molecule has 18 heavy (non-hydrogen) atoms. The van der Waals surface area contributed by atoms with Gasteiger partial charge in [0.05, 0.1) is 0 Å². The van der Waals surface area contributed by atoms with Crippen LogP contribution in [0.2, 0.25) is 0 Å². The topological polar surface area (TPSA) is 68.0 Å². The molecule has 0 bridgehead atoms. The van der Waals surface area contributed by atoms with Crippen molar-refractivity contribution in [1.29, 1.82) is 0 Å². The number of carbonyl (C=O) groups is 1. The molecule has 2 heterocycles. The summed E-state index contributed by atoms with van der Waals surface area (Å²) < 4.78 is 1.51. The average Bonchev–Trinajstić information content (AvgIpc) is 2.91. The summed E-state index contributed by atoms with van der Waals surface area (Å²) in [6.07, 6.45) is 7.39. The number of fused-ring (bicyclic) bond motifs is 1. The van der Waals surface area contributed by atoms with E-state index >= 15 is 0 Å². The Morgan fingerprint density at radius 3 is 2.89 bits per heavy atom. The van der Waals surface area contributed by atoms with Gasteiger partial charge < -0.3 is 5.11 Å². The van der Waals surface area contributed by atoms with Crippen molar-refractivity contribution >= 4 is 5.97 Å². The first-order chi connectivity index (χ1) is 8.75. The summed E-state index contributed by atoms with van der Waals surface area (Å²) in [5.74, 6) is -0.547. The largest absolute Gasteiger partial charge is 0.478 e. The van der Waals surface area contributed by atoms with E-state index in [9.17, 15) is 9.90 Å². The highest BCUT2D eigenvalue weighted by atomic mass is 16.4. The summed E-state index contributed by atoms with van der Waals surface area (Å²) in [6, 6.07) is 3.51. The summed E-state index contributed by atoms with van der Waals surface area (Å²) in [4.78, 5) is 15.8. The number of nitrogens with zero attached hydrogens (tertiary/aromatic N) is 3. The lowest BCUT2D eigenvalue weighted by Crippen LogP contribution is -2.14. The van der Waals surface area contributed by atoms with Gasteiger partial charge >= 0.3 is 5.97 Å². The van der Waals surface area contributed by atoms with Crippen molar-refractivity contribution < 1.29 is 9.90 Å². The van der Waals surface area contributed by atoms with Gasteiger partial charge in [0.1, 0.15) is 5.56 Å². The Morgan fingerprint density at radius 1 is 1.33 bits per heavy atom. The molecule has 0 radical (unpaired) electrons. The number of pyridine rings is 1. The first kappa shape index (κ1) is 11.0. The van der Waals surface area contributed by atoms with Crippen LogP contribution in [0, 0.1) is 0 Å². The maximum absolute atomic E-state index is 11.3. The maximum Gasteiger partial charge on any atom is 0.339 e. The smallest absolute Gasteiger partial charge is 0.339 e. The van der Waals surface area contributed by atoms with Gasteiger partial charge in [0.15, 0.2) is 5.82 Å². The zero-order chi connectivity index (χ0) is 12.5. The summed E-state index contributed by atoms with van der Waals surface area (Å²) >= 11 is 0. The molecule has 0 saturated heterocycles. The van der Waals surface area contributed by atoms with Crippen molar-refractivity contribution in [3.63, 3.8) is 0 Å². The Bertz CT molecular complexity index is 591. The fourth-order valence-electron chi connectivity index (χ4n) is 2.35.